The Morgan fingerprint density at radius 3 is 2.46 bits per heavy atom. The van der Waals surface area contributed by atoms with Gasteiger partial charge in [-0.25, -0.2) is 13.4 Å². The summed E-state index contributed by atoms with van der Waals surface area (Å²) in [4.78, 5) is 4.17. The molecular formula is C17H17ClN4O3S. The molecule has 2 N–H and O–H groups in total. The highest BCUT2D eigenvalue weighted by atomic mass is 35.5. The number of sulfonamides is 1. The number of nitrogens with one attached hydrogen (secondary N) is 2. The molecule has 0 saturated carbocycles. The lowest BCUT2D eigenvalue weighted by molar-refractivity contribution is 0.390. The van der Waals surface area contributed by atoms with Crippen molar-refractivity contribution in [1.82, 2.24) is 10.1 Å². The van der Waals surface area contributed by atoms with Crippen molar-refractivity contribution < 1.29 is 12.9 Å². The van der Waals surface area contributed by atoms with Crippen LogP contribution in [0.5, 0.6) is 0 Å². The number of halogens is 1. The summed E-state index contributed by atoms with van der Waals surface area (Å²) in [5, 5.41) is 7.54. The molecule has 0 bridgehead atoms. The van der Waals surface area contributed by atoms with Crippen molar-refractivity contribution in [2.24, 2.45) is 0 Å². The van der Waals surface area contributed by atoms with Gasteiger partial charge in [-0.05, 0) is 56.7 Å². The van der Waals surface area contributed by atoms with Gasteiger partial charge < -0.3 is 9.84 Å². The minimum Gasteiger partial charge on any atom is -0.360 e. The van der Waals surface area contributed by atoms with Gasteiger partial charge in [-0.3, -0.25) is 4.72 Å². The van der Waals surface area contributed by atoms with E-state index in [4.69, 9.17) is 16.1 Å². The molecule has 0 aliphatic heterocycles. The minimum atomic E-state index is -3.82. The minimum absolute atomic E-state index is 0.0262. The lowest BCUT2D eigenvalue weighted by Crippen LogP contribution is -2.15. The average molecular weight is 393 g/mol. The molecule has 2 heterocycles. The molecule has 26 heavy (non-hydrogen) atoms. The van der Waals surface area contributed by atoms with E-state index >= 15 is 0 Å². The van der Waals surface area contributed by atoms with Crippen LogP contribution in [0.2, 0.25) is 5.02 Å². The molecule has 3 rings (SSSR count). The van der Waals surface area contributed by atoms with Crippen LogP contribution in [0.3, 0.4) is 0 Å². The van der Waals surface area contributed by atoms with Crippen molar-refractivity contribution in [2.75, 3.05) is 10.0 Å². The van der Waals surface area contributed by atoms with E-state index in [1.165, 1.54) is 0 Å². The molecule has 0 aliphatic rings. The zero-order valence-electron chi connectivity index (χ0n) is 14.4. The largest absolute Gasteiger partial charge is 0.360 e. The molecule has 0 radical (unpaired) electrons. The summed E-state index contributed by atoms with van der Waals surface area (Å²) in [5.74, 6) is 0.426. The van der Waals surface area contributed by atoms with Crippen LogP contribution in [0, 0.1) is 20.8 Å². The van der Waals surface area contributed by atoms with Gasteiger partial charge in [-0.2, -0.15) is 0 Å². The zero-order chi connectivity index (χ0) is 18.9. The molecule has 0 amide bonds. The molecular weight excluding hydrogens is 376 g/mol. The number of aromatic nitrogens is 2. The van der Waals surface area contributed by atoms with E-state index in [9.17, 15) is 8.42 Å². The van der Waals surface area contributed by atoms with Gasteiger partial charge in [-0.15, -0.1) is 0 Å². The van der Waals surface area contributed by atoms with Crippen LogP contribution in [0.4, 0.5) is 17.2 Å². The van der Waals surface area contributed by atoms with Crippen LogP contribution >= 0.6 is 11.6 Å². The SMILES string of the molecule is Cc1cc(Cl)ccc1Nc1ccc(NS(=O)(=O)c2c(C)noc2C)nc1. The van der Waals surface area contributed by atoms with Crippen LogP contribution in [-0.2, 0) is 10.0 Å². The van der Waals surface area contributed by atoms with E-state index in [0.29, 0.717) is 10.7 Å². The highest BCUT2D eigenvalue weighted by Gasteiger charge is 2.24. The molecule has 0 spiro atoms. The summed E-state index contributed by atoms with van der Waals surface area (Å²) in [6, 6.07) is 8.81. The van der Waals surface area contributed by atoms with E-state index in [1.54, 1.807) is 38.2 Å². The van der Waals surface area contributed by atoms with Gasteiger partial charge in [0.05, 0.1) is 11.9 Å². The molecule has 136 valence electrons. The Labute approximate surface area is 156 Å². The Bertz CT molecular complexity index is 1030. The van der Waals surface area contributed by atoms with Crippen LogP contribution in [0.1, 0.15) is 17.0 Å². The number of nitrogens with zero attached hydrogens (tertiary/aromatic N) is 2. The first kappa shape index (κ1) is 18.2. The molecule has 7 nitrogen and oxygen atoms in total. The fraction of sp³-hybridized carbons (Fsp3) is 0.176. The van der Waals surface area contributed by atoms with Crippen LogP contribution in [0.15, 0.2) is 45.9 Å². The van der Waals surface area contributed by atoms with Crippen LogP contribution in [-0.4, -0.2) is 18.6 Å². The number of hydrogen-bond acceptors (Lipinski definition) is 6. The highest BCUT2D eigenvalue weighted by molar-refractivity contribution is 7.92. The van der Waals surface area contributed by atoms with Crippen molar-refractivity contribution in [3.8, 4) is 0 Å². The normalized spacial score (nSPS) is 11.4. The maximum Gasteiger partial charge on any atom is 0.268 e. The fourth-order valence-electron chi connectivity index (χ4n) is 2.50. The third-order valence-electron chi connectivity index (χ3n) is 3.71. The Kier molecular flexibility index (Phi) is 4.88. The maximum absolute atomic E-state index is 12.5. The molecule has 9 heteroatoms. The standard InChI is InChI=1S/C17H17ClN4O3S/c1-10-8-13(18)4-6-15(10)20-14-5-7-16(19-9-14)22-26(23,24)17-11(2)21-25-12(17)3/h4-9,20H,1-3H3,(H,19,22). The average Bonchev–Trinajstić information content (AvgIpc) is 2.91. The first-order valence-corrected chi connectivity index (χ1v) is 9.57. The Morgan fingerprint density at radius 1 is 1.12 bits per heavy atom. The Hall–Kier alpha value is -2.58. The van der Waals surface area contributed by atoms with Gasteiger partial charge in [0.25, 0.3) is 10.0 Å². The molecule has 0 fully saturated rings. The second-order valence-corrected chi connectivity index (χ2v) is 7.83. The van der Waals surface area contributed by atoms with Gasteiger partial charge in [0.2, 0.25) is 0 Å². The van der Waals surface area contributed by atoms with Crippen LogP contribution < -0.4 is 10.0 Å². The maximum atomic E-state index is 12.5. The number of rotatable bonds is 5. The van der Waals surface area contributed by atoms with E-state index in [1.807, 2.05) is 19.1 Å². The van der Waals surface area contributed by atoms with E-state index in [0.717, 1.165) is 16.9 Å². The van der Waals surface area contributed by atoms with Gasteiger partial charge in [0, 0.05) is 10.7 Å². The zero-order valence-corrected chi connectivity index (χ0v) is 15.9. The second-order valence-electron chi connectivity index (χ2n) is 5.78. The predicted octanol–water partition coefficient (Wildman–Crippen LogP) is 4.19. The summed E-state index contributed by atoms with van der Waals surface area (Å²) in [6.07, 6.45) is 1.54. The summed E-state index contributed by atoms with van der Waals surface area (Å²) in [6.45, 7) is 5.05. The van der Waals surface area contributed by atoms with Gasteiger partial charge in [0.15, 0.2) is 10.7 Å². The van der Waals surface area contributed by atoms with Gasteiger partial charge in [0.1, 0.15) is 11.5 Å². The number of benzene rings is 1. The lowest BCUT2D eigenvalue weighted by atomic mass is 10.2. The van der Waals surface area contributed by atoms with Crippen molar-refractivity contribution in [3.63, 3.8) is 0 Å². The fourth-order valence-corrected chi connectivity index (χ4v) is 4.06. The smallest absolute Gasteiger partial charge is 0.268 e. The third kappa shape index (κ3) is 3.81. The second kappa shape index (κ2) is 6.97. The van der Waals surface area contributed by atoms with E-state index < -0.39 is 10.0 Å². The molecule has 0 aliphatic carbocycles. The summed E-state index contributed by atoms with van der Waals surface area (Å²) in [7, 11) is -3.82. The Morgan fingerprint density at radius 2 is 1.88 bits per heavy atom. The monoisotopic (exact) mass is 392 g/mol. The number of pyridine rings is 1. The van der Waals surface area contributed by atoms with Crippen molar-refractivity contribution in [2.45, 2.75) is 25.7 Å². The van der Waals surface area contributed by atoms with Crippen molar-refractivity contribution in [1.29, 1.82) is 0 Å². The number of hydrogen-bond donors (Lipinski definition) is 2. The summed E-state index contributed by atoms with van der Waals surface area (Å²) >= 11 is 5.95. The van der Waals surface area contributed by atoms with Crippen molar-refractivity contribution >= 4 is 38.8 Å². The summed E-state index contributed by atoms with van der Waals surface area (Å²) in [5.41, 5.74) is 2.89. The molecule has 3 aromatic rings. The van der Waals surface area contributed by atoms with Gasteiger partial charge >= 0.3 is 0 Å². The molecule has 1 aromatic carbocycles. The first-order chi connectivity index (χ1) is 12.3. The van der Waals surface area contributed by atoms with E-state index in [-0.39, 0.29) is 16.5 Å². The quantitative estimate of drug-likeness (QED) is 0.675. The number of aryl methyl sites for hydroxylation is 3. The van der Waals surface area contributed by atoms with Gasteiger partial charge in [-0.1, -0.05) is 16.8 Å². The predicted molar refractivity (Wildman–Crippen MR) is 100 cm³/mol. The number of anilines is 3. The molecule has 0 saturated heterocycles. The summed E-state index contributed by atoms with van der Waals surface area (Å²) < 4.78 is 32.3. The molecule has 0 unspecified atom stereocenters. The Balaban J connectivity index is 1.77. The third-order valence-corrected chi connectivity index (χ3v) is 5.54. The first-order valence-electron chi connectivity index (χ1n) is 7.71. The molecule has 0 atom stereocenters. The lowest BCUT2D eigenvalue weighted by Gasteiger charge is -2.11. The van der Waals surface area contributed by atoms with Crippen LogP contribution in [0.25, 0.3) is 0 Å². The van der Waals surface area contributed by atoms with E-state index in [2.05, 4.69) is 20.2 Å². The topological polar surface area (TPSA) is 97.1 Å². The molecule has 2 aromatic heterocycles. The van der Waals surface area contributed by atoms with Crippen molar-refractivity contribution in [3.05, 3.63) is 58.6 Å². The highest BCUT2D eigenvalue weighted by Crippen LogP contribution is 2.25.